The van der Waals surface area contributed by atoms with Crippen molar-refractivity contribution in [3.05, 3.63) is 63.7 Å². The maximum absolute atomic E-state index is 11.2. The first-order valence-corrected chi connectivity index (χ1v) is 6.58. The van der Waals surface area contributed by atoms with E-state index in [9.17, 15) is 9.90 Å². The lowest BCUT2D eigenvalue weighted by Gasteiger charge is -2.13. The van der Waals surface area contributed by atoms with E-state index in [0.717, 1.165) is 16.7 Å². The summed E-state index contributed by atoms with van der Waals surface area (Å²) in [7, 11) is 0. The molecule has 0 aliphatic carbocycles. The van der Waals surface area contributed by atoms with Gasteiger partial charge in [0.1, 0.15) is 17.9 Å². The van der Waals surface area contributed by atoms with E-state index in [1.807, 2.05) is 32.0 Å². The van der Waals surface area contributed by atoms with Gasteiger partial charge in [-0.1, -0.05) is 35.9 Å². The molecule has 0 radical (unpaired) electrons. The Kier molecular flexibility index (Phi) is 4.30. The standard InChI is InChI=1S/C16H15ClO3/c1-10-5-3-6-11(2)12(10)9-20-14-8-4-7-13(17)15(14)16(18)19/h3-8H,9H2,1-2H3,(H,18,19). The average molecular weight is 291 g/mol. The molecule has 104 valence electrons. The lowest BCUT2D eigenvalue weighted by atomic mass is 10.0. The van der Waals surface area contributed by atoms with Crippen molar-refractivity contribution in [2.24, 2.45) is 0 Å². The molecule has 0 aliphatic heterocycles. The highest BCUT2D eigenvalue weighted by molar-refractivity contribution is 6.33. The summed E-state index contributed by atoms with van der Waals surface area (Å²) in [6.07, 6.45) is 0. The van der Waals surface area contributed by atoms with Gasteiger partial charge in [-0.2, -0.15) is 0 Å². The molecule has 4 heteroatoms. The molecule has 0 heterocycles. The fourth-order valence-corrected chi connectivity index (χ4v) is 2.31. The first kappa shape index (κ1) is 14.4. The third-order valence-electron chi connectivity index (χ3n) is 3.21. The SMILES string of the molecule is Cc1cccc(C)c1COc1cccc(Cl)c1C(=O)O. The predicted molar refractivity (Wildman–Crippen MR) is 78.7 cm³/mol. The second kappa shape index (κ2) is 5.97. The largest absolute Gasteiger partial charge is 0.488 e. The maximum Gasteiger partial charge on any atom is 0.341 e. The van der Waals surface area contributed by atoms with E-state index in [-0.39, 0.29) is 16.3 Å². The summed E-state index contributed by atoms with van der Waals surface area (Å²) in [5.74, 6) is -0.806. The Morgan fingerprint density at radius 1 is 1.15 bits per heavy atom. The van der Waals surface area contributed by atoms with Crippen LogP contribution >= 0.6 is 11.6 Å². The molecule has 3 nitrogen and oxygen atoms in total. The van der Waals surface area contributed by atoms with Crippen molar-refractivity contribution in [3.8, 4) is 5.75 Å². The van der Waals surface area contributed by atoms with Gasteiger partial charge >= 0.3 is 5.97 Å². The number of ether oxygens (including phenoxy) is 1. The smallest absolute Gasteiger partial charge is 0.341 e. The highest BCUT2D eigenvalue weighted by Gasteiger charge is 2.16. The van der Waals surface area contributed by atoms with E-state index in [4.69, 9.17) is 16.3 Å². The number of carboxylic acids is 1. The molecule has 0 atom stereocenters. The normalized spacial score (nSPS) is 10.3. The number of carboxylic acid groups (broad SMARTS) is 1. The van der Waals surface area contributed by atoms with Crippen molar-refractivity contribution in [1.82, 2.24) is 0 Å². The summed E-state index contributed by atoms with van der Waals surface area (Å²) in [6.45, 7) is 4.32. The van der Waals surface area contributed by atoms with Crippen LogP contribution in [0.3, 0.4) is 0 Å². The van der Waals surface area contributed by atoms with Crippen LogP contribution in [0.15, 0.2) is 36.4 Å². The molecule has 20 heavy (non-hydrogen) atoms. The topological polar surface area (TPSA) is 46.5 Å². The van der Waals surface area contributed by atoms with E-state index in [2.05, 4.69) is 0 Å². The Bertz CT molecular complexity index is 630. The molecule has 0 saturated carbocycles. The summed E-state index contributed by atoms with van der Waals surface area (Å²) in [6, 6.07) is 10.8. The zero-order valence-corrected chi connectivity index (χ0v) is 12.1. The minimum atomic E-state index is -1.09. The van der Waals surface area contributed by atoms with Crippen molar-refractivity contribution < 1.29 is 14.6 Å². The van der Waals surface area contributed by atoms with E-state index in [1.54, 1.807) is 12.1 Å². The van der Waals surface area contributed by atoms with Crippen molar-refractivity contribution in [2.75, 3.05) is 0 Å². The summed E-state index contributed by atoms with van der Waals surface area (Å²) in [4.78, 5) is 11.2. The molecule has 0 bridgehead atoms. The number of carbonyl (C=O) groups is 1. The first-order valence-electron chi connectivity index (χ1n) is 6.20. The van der Waals surface area contributed by atoms with E-state index >= 15 is 0 Å². The molecule has 2 rings (SSSR count). The Labute approximate surface area is 122 Å². The second-order valence-electron chi connectivity index (χ2n) is 4.58. The van der Waals surface area contributed by atoms with Crippen LogP contribution in [0.1, 0.15) is 27.0 Å². The molecule has 0 unspecified atom stereocenters. The Balaban J connectivity index is 2.28. The molecule has 0 aromatic heterocycles. The van der Waals surface area contributed by atoms with Gasteiger partial charge in [-0.3, -0.25) is 0 Å². The third kappa shape index (κ3) is 2.94. The third-order valence-corrected chi connectivity index (χ3v) is 3.52. The molecule has 0 saturated heterocycles. The van der Waals surface area contributed by atoms with Gasteiger partial charge in [-0.15, -0.1) is 0 Å². The summed E-state index contributed by atoms with van der Waals surface area (Å²) in [5.41, 5.74) is 3.29. The van der Waals surface area contributed by atoms with Crippen LogP contribution in [0.5, 0.6) is 5.75 Å². The minimum Gasteiger partial charge on any atom is -0.488 e. The molecule has 0 amide bonds. The zero-order valence-electron chi connectivity index (χ0n) is 11.3. The van der Waals surface area contributed by atoms with Crippen LogP contribution in [0, 0.1) is 13.8 Å². The second-order valence-corrected chi connectivity index (χ2v) is 4.98. The number of aromatic carboxylic acids is 1. The zero-order chi connectivity index (χ0) is 14.7. The van der Waals surface area contributed by atoms with Gasteiger partial charge in [0.25, 0.3) is 0 Å². The van der Waals surface area contributed by atoms with Crippen molar-refractivity contribution in [1.29, 1.82) is 0 Å². The lowest BCUT2D eigenvalue weighted by Crippen LogP contribution is -2.06. The maximum atomic E-state index is 11.2. The minimum absolute atomic E-state index is 0.000374. The van der Waals surface area contributed by atoms with Gasteiger partial charge in [-0.25, -0.2) is 4.79 Å². The fourth-order valence-electron chi connectivity index (χ4n) is 2.06. The van der Waals surface area contributed by atoms with Crippen LogP contribution < -0.4 is 4.74 Å². The van der Waals surface area contributed by atoms with E-state index < -0.39 is 5.97 Å². The van der Waals surface area contributed by atoms with Gasteiger partial charge in [0.15, 0.2) is 0 Å². The number of halogens is 1. The molecule has 0 spiro atoms. The van der Waals surface area contributed by atoms with Gasteiger partial charge in [0.2, 0.25) is 0 Å². The summed E-state index contributed by atoms with van der Waals surface area (Å²) >= 11 is 5.91. The average Bonchev–Trinajstić information content (AvgIpc) is 2.37. The van der Waals surface area contributed by atoms with Gasteiger partial charge in [0.05, 0.1) is 5.02 Å². The molecule has 2 aromatic rings. The number of hydrogen-bond donors (Lipinski definition) is 1. The van der Waals surface area contributed by atoms with E-state index in [0.29, 0.717) is 6.61 Å². The Hall–Kier alpha value is -2.00. The van der Waals surface area contributed by atoms with E-state index in [1.165, 1.54) is 6.07 Å². The molecule has 0 aliphatic rings. The van der Waals surface area contributed by atoms with Crippen molar-refractivity contribution in [2.45, 2.75) is 20.5 Å². The van der Waals surface area contributed by atoms with Crippen LogP contribution in [-0.4, -0.2) is 11.1 Å². The fraction of sp³-hybridized carbons (Fsp3) is 0.188. The number of rotatable bonds is 4. The highest BCUT2D eigenvalue weighted by Crippen LogP contribution is 2.27. The summed E-state index contributed by atoms with van der Waals surface area (Å²) in [5, 5.41) is 9.37. The quantitative estimate of drug-likeness (QED) is 0.916. The number of benzene rings is 2. The van der Waals surface area contributed by atoms with Crippen LogP contribution in [0.25, 0.3) is 0 Å². The van der Waals surface area contributed by atoms with Crippen molar-refractivity contribution >= 4 is 17.6 Å². The summed E-state index contributed by atoms with van der Waals surface area (Å²) < 4.78 is 5.66. The molecular formula is C16H15ClO3. The van der Waals surface area contributed by atoms with Gasteiger partial charge in [-0.05, 0) is 42.7 Å². The van der Waals surface area contributed by atoms with Gasteiger partial charge < -0.3 is 9.84 Å². The Morgan fingerprint density at radius 2 is 1.75 bits per heavy atom. The molecule has 2 aromatic carbocycles. The van der Waals surface area contributed by atoms with Gasteiger partial charge in [0, 0.05) is 0 Å². The van der Waals surface area contributed by atoms with Crippen LogP contribution in [-0.2, 0) is 6.61 Å². The number of hydrogen-bond acceptors (Lipinski definition) is 2. The Morgan fingerprint density at radius 3 is 2.35 bits per heavy atom. The monoisotopic (exact) mass is 290 g/mol. The molecule has 1 N–H and O–H groups in total. The predicted octanol–water partition coefficient (Wildman–Crippen LogP) is 4.23. The van der Waals surface area contributed by atoms with Crippen molar-refractivity contribution in [3.63, 3.8) is 0 Å². The van der Waals surface area contributed by atoms with Crippen LogP contribution in [0.4, 0.5) is 0 Å². The first-order chi connectivity index (χ1) is 9.50. The number of aryl methyl sites for hydroxylation is 2. The lowest BCUT2D eigenvalue weighted by molar-refractivity contribution is 0.0692. The molecular weight excluding hydrogens is 276 g/mol. The molecule has 0 fully saturated rings. The highest BCUT2D eigenvalue weighted by atomic mass is 35.5. The van der Waals surface area contributed by atoms with Crippen LogP contribution in [0.2, 0.25) is 5.02 Å².